The lowest BCUT2D eigenvalue weighted by atomic mass is 10.0. The van der Waals surface area contributed by atoms with E-state index in [0.29, 0.717) is 23.5 Å². The molecule has 25 heavy (non-hydrogen) atoms. The second-order valence-electron chi connectivity index (χ2n) is 5.95. The molecule has 1 aliphatic rings. The van der Waals surface area contributed by atoms with Crippen molar-refractivity contribution in [3.63, 3.8) is 0 Å². The lowest BCUT2D eigenvalue weighted by Gasteiger charge is -2.25. The Balaban J connectivity index is 1.71. The number of hydrogen-bond donors (Lipinski definition) is 1. The highest BCUT2D eigenvalue weighted by Gasteiger charge is 2.35. The number of aliphatic hydroxyl groups excluding tert-OH is 1. The van der Waals surface area contributed by atoms with Gasteiger partial charge in [-0.3, -0.25) is 4.79 Å². The van der Waals surface area contributed by atoms with E-state index in [2.05, 4.69) is 0 Å². The van der Waals surface area contributed by atoms with E-state index >= 15 is 0 Å². The summed E-state index contributed by atoms with van der Waals surface area (Å²) in [6.45, 7) is 0.0220. The summed E-state index contributed by atoms with van der Waals surface area (Å²) in [6.07, 6.45) is -0.257. The zero-order valence-corrected chi connectivity index (χ0v) is 13.9. The minimum absolute atomic E-state index is 0.182. The van der Waals surface area contributed by atoms with E-state index in [1.54, 1.807) is 30.3 Å². The van der Waals surface area contributed by atoms with Gasteiger partial charge in [0.15, 0.2) is 18.1 Å². The molecule has 0 saturated carbocycles. The number of methoxy groups -OCH3 is 1. The molecule has 0 spiro atoms. The zero-order chi connectivity index (χ0) is 17.8. The number of likely N-dealkylation sites (tertiary alicyclic amines) is 1. The SMILES string of the molecule is COc1ccccc1OCC(=O)N1C[C@@H](O)C[C@@H]1c1cccc(F)c1. The summed E-state index contributed by atoms with van der Waals surface area (Å²) in [6, 6.07) is 12.8. The molecule has 0 radical (unpaired) electrons. The molecule has 0 aromatic heterocycles. The summed E-state index contributed by atoms with van der Waals surface area (Å²) in [5, 5.41) is 9.97. The van der Waals surface area contributed by atoms with E-state index in [1.807, 2.05) is 6.07 Å². The molecule has 1 N–H and O–H groups in total. The highest BCUT2D eigenvalue weighted by atomic mass is 19.1. The molecule has 2 atom stereocenters. The Kier molecular flexibility index (Phi) is 5.19. The van der Waals surface area contributed by atoms with Gasteiger partial charge in [0.2, 0.25) is 0 Å². The number of para-hydroxylation sites is 2. The van der Waals surface area contributed by atoms with Crippen LogP contribution in [0.4, 0.5) is 4.39 Å². The Bertz CT molecular complexity index is 752. The van der Waals surface area contributed by atoms with Gasteiger partial charge in [0.25, 0.3) is 5.91 Å². The predicted molar refractivity (Wildman–Crippen MR) is 90.0 cm³/mol. The van der Waals surface area contributed by atoms with Crippen molar-refractivity contribution in [3.05, 3.63) is 59.9 Å². The molecule has 0 unspecified atom stereocenters. The van der Waals surface area contributed by atoms with E-state index in [9.17, 15) is 14.3 Å². The van der Waals surface area contributed by atoms with Crippen LogP contribution in [0.25, 0.3) is 0 Å². The average Bonchev–Trinajstić information content (AvgIpc) is 3.02. The molecule has 1 heterocycles. The maximum absolute atomic E-state index is 13.5. The van der Waals surface area contributed by atoms with E-state index in [-0.39, 0.29) is 30.9 Å². The Morgan fingerprint density at radius 1 is 1.24 bits per heavy atom. The largest absolute Gasteiger partial charge is 0.493 e. The second-order valence-corrected chi connectivity index (χ2v) is 5.95. The first-order chi connectivity index (χ1) is 12.1. The minimum Gasteiger partial charge on any atom is -0.493 e. The molecule has 0 aliphatic carbocycles. The van der Waals surface area contributed by atoms with E-state index in [0.717, 1.165) is 0 Å². The van der Waals surface area contributed by atoms with Crippen LogP contribution in [0.2, 0.25) is 0 Å². The molecule has 1 fully saturated rings. The monoisotopic (exact) mass is 345 g/mol. The Hall–Kier alpha value is -2.60. The van der Waals surface area contributed by atoms with Crippen LogP contribution in [0.15, 0.2) is 48.5 Å². The number of carbonyl (C=O) groups is 1. The van der Waals surface area contributed by atoms with Crippen LogP contribution in [0, 0.1) is 5.82 Å². The molecule has 6 heteroatoms. The third kappa shape index (κ3) is 3.91. The van der Waals surface area contributed by atoms with E-state index in [4.69, 9.17) is 9.47 Å². The van der Waals surface area contributed by atoms with Gasteiger partial charge in [-0.1, -0.05) is 24.3 Å². The van der Waals surface area contributed by atoms with Gasteiger partial charge in [-0.05, 0) is 36.2 Å². The number of ether oxygens (including phenoxy) is 2. The Morgan fingerprint density at radius 2 is 2.00 bits per heavy atom. The van der Waals surface area contributed by atoms with Crippen molar-refractivity contribution in [2.75, 3.05) is 20.3 Å². The van der Waals surface area contributed by atoms with Gasteiger partial charge >= 0.3 is 0 Å². The quantitative estimate of drug-likeness (QED) is 0.905. The van der Waals surface area contributed by atoms with Crippen LogP contribution in [-0.2, 0) is 4.79 Å². The fourth-order valence-corrected chi connectivity index (χ4v) is 3.08. The van der Waals surface area contributed by atoms with Crippen molar-refractivity contribution in [3.8, 4) is 11.5 Å². The second kappa shape index (κ2) is 7.53. The number of β-amino-alcohol motifs (C(OH)–C–C–N with tert-alkyl or cyclic N) is 1. The predicted octanol–water partition coefficient (Wildman–Crippen LogP) is 2.55. The van der Waals surface area contributed by atoms with Crippen LogP contribution >= 0.6 is 0 Å². The number of aliphatic hydroxyl groups is 1. The fraction of sp³-hybridized carbons (Fsp3) is 0.316. The highest BCUT2D eigenvalue weighted by molar-refractivity contribution is 5.78. The normalized spacial score (nSPS) is 19.7. The van der Waals surface area contributed by atoms with E-state index in [1.165, 1.54) is 24.1 Å². The Morgan fingerprint density at radius 3 is 2.72 bits per heavy atom. The highest BCUT2D eigenvalue weighted by Crippen LogP contribution is 2.33. The molecule has 1 aliphatic heterocycles. The summed E-state index contributed by atoms with van der Waals surface area (Å²) < 4.78 is 24.3. The summed E-state index contributed by atoms with van der Waals surface area (Å²) in [4.78, 5) is 14.1. The molecule has 2 aromatic rings. The molecular formula is C19H20FNO4. The first-order valence-corrected chi connectivity index (χ1v) is 8.07. The smallest absolute Gasteiger partial charge is 0.261 e. The number of carbonyl (C=O) groups excluding carboxylic acids is 1. The van der Waals surface area contributed by atoms with Crippen molar-refractivity contribution in [1.29, 1.82) is 0 Å². The maximum Gasteiger partial charge on any atom is 0.261 e. The van der Waals surface area contributed by atoms with Crippen molar-refractivity contribution < 1.29 is 23.8 Å². The number of hydrogen-bond acceptors (Lipinski definition) is 4. The number of rotatable bonds is 5. The van der Waals surface area contributed by atoms with Gasteiger partial charge in [-0.25, -0.2) is 4.39 Å². The van der Waals surface area contributed by atoms with Gasteiger partial charge in [0.1, 0.15) is 5.82 Å². The molecule has 3 rings (SSSR count). The van der Waals surface area contributed by atoms with Crippen molar-refractivity contribution in [1.82, 2.24) is 4.90 Å². The van der Waals surface area contributed by atoms with Crippen LogP contribution in [-0.4, -0.2) is 42.3 Å². The molecule has 132 valence electrons. The molecule has 5 nitrogen and oxygen atoms in total. The fourth-order valence-electron chi connectivity index (χ4n) is 3.08. The molecular weight excluding hydrogens is 325 g/mol. The standard InChI is InChI=1S/C19H20FNO4/c1-24-17-7-2-3-8-18(17)25-12-19(23)21-11-15(22)10-16(21)13-5-4-6-14(20)9-13/h2-9,15-16,22H,10-12H2,1H3/t15-,16+/m0/s1. The van der Waals surface area contributed by atoms with Gasteiger partial charge in [0.05, 0.1) is 19.3 Å². The summed E-state index contributed by atoms with van der Waals surface area (Å²) in [5.74, 6) is 0.382. The first kappa shape index (κ1) is 17.2. The number of halogens is 1. The number of amides is 1. The van der Waals surface area contributed by atoms with Crippen LogP contribution in [0.5, 0.6) is 11.5 Å². The topological polar surface area (TPSA) is 59.0 Å². The number of nitrogens with zero attached hydrogens (tertiary/aromatic N) is 1. The summed E-state index contributed by atoms with van der Waals surface area (Å²) >= 11 is 0. The number of benzene rings is 2. The van der Waals surface area contributed by atoms with Crippen molar-refractivity contribution >= 4 is 5.91 Å². The van der Waals surface area contributed by atoms with Crippen LogP contribution in [0.3, 0.4) is 0 Å². The van der Waals surface area contributed by atoms with Crippen molar-refractivity contribution in [2.24, 2.45) is 0 Å². The molecule has 1 saturated heterocycles. The van der Waals surface area contributed by atoms with Gasteiger partial charge in [-0.2, -0.15) is 0 Å². The third-order valence-electron chi connectivity index (χ3n) is 4.25. The summed E-state index contributed by atoms with van der Waals surface area (Å²) in [5.41, 5.74) is 0.669. The van der Waals surface area contributed by atoms with Gasteiger partial charge in [0, 0.05) is 6.54 Å². The maximum atomic E-state index is 13.5. The lowest BCUT2D eigenvalue weighted by molar-refractivity contribution is -0.134. The lowest BCUT2D eigenvalue weighted by Crippen LogP contribution is -2.35. The van der Waals surface area contributed by atoms with Gasteiger partial charge < -0.3 is 19.5 Å². The summed E-state index contributed by atoms with van der Waals surface area (Å²) in [7, 11) is 1.53. The molecule has 1 amide bonds. The van der Waals surface area contributed by atoms with Crippen molar-refractivity contribution in [2.45, 2.75) is 18.6 Å². The zero-order valence-electron chi connectivity index (χ0n) is 13.9. The van der Waals surface area contributed by atoms with Gasteiger partial charge in [-0.15, -0.1) is 0 Å². The van der Waals surface area contributed by atoms with Crippen LogP contribution < -0.4 is 9.47 Å². The van der Waals surface area contributed by atoms with Crippen LogP contribution in [0.1, 0.15) is 18.0 Å². The Labute approximate surface area is 145 Å². The average molecular weight is 345 g/mol. The minimum atomic E-state index is -0.636. The first-order valence-electron chi connectivity index (χ1n) is 8.07. The van der Waals surface area contributed by atoms with E-state index < -0.39 is 6.10 Å². The molecule has 0 bridgehead atoms. The third-order valence-corrected chi connectivity index (χ3v) is 4.25. The molecule has 2 aromatic carbocycles.